The molecule has 0 saturated carbocycles. The van der Waals surface area contributed by atoms with Crippen LogP contribution in [0.15, 0.2) is 17.2 Å². The summed E-state index contributed by atoms with van der Waals surface area (Å²) in [4.78, 5) is 12.0. The highest BCUT2D eigenvalue weighted by Crippen LogP contribution is 2.22. The molecule has 2 heterocycles. The fourth-order valence-electron chi connectivity index (χ4n) is 2.53. The van der Waals surface area contributed by atoms with Crippen LogP contribution in [-0.4, -0.2) is 55.3 Å². The van der Waals surface area contributed by atoms with Gasteiger partial charge in [0.15, 0.2) is 0 Å². The first kappa shape index (κ1) is 21.8. The lowest BCUT2D eigenvalue weighted by Crippen LogP contribution is -2.41. The normalized spacial score (nSPS) is 16.3. The second-order valence-electron chi connectivity index (χ2n) is 5.88. The molecule has 1 fully saturated rings. The van der Waals surface area contributed by atoms with Gasteiger partial charge in [-0.2, -0.15) is 4.31 Å². The lowest BCUT2D eigenvalue weighted by molar-refractivity contribution is 0.0117. The van der Waals surface area contributed by atoms with Gasteiger partial charge in [0, 0.05) is 26.3 Å². The summed E-state index contributed by atoms with van der Waals surface area (Å²) in [7, 11) is -2.19. The molecule has 1 saturated heterocycles. The van der Waals surface area contributed by atoms with E-state index in [4.69, 9.17) is 5.73 Å². The van der Waals surface area contributed by atoms with Crippen LogP contribution in [0.5, 0.6) is 0 Å². The smallest absolute Gasteiger partial charge is 0.277 e. The Morgan fingerprint density at radius 3 is 2.48 bits per heavy atom. The fraction of sp³-hybridized carbons (Fsp3) is 0.643. The van der Waals surface area contributed by atoms with Gasteiger partial charge in [-0.15, -0.1) is 12.4 Å². The first-order valence-electron chi connectivity index (χ1n) is 7.70. The third-order valence-electron chi connectivity index (χ3n) is 3.97. The molecule has 2 rings (SSSR count). The zero-order valence-electron chi connectivity index (χ0n) is 13.9. The van der Waals surface area contributed by atoms with Crippen LogP contribution >= 0.6 is 12.4 Å². The molecular weight excluding hydrogens is 378 g/mol. The molecule has 7 nitrogen and oxygen atoms in total. The quantitative estimate of drug-likeness (QED) is 0.742. The first-order chi connectivity index (χ1) is 11.2. The van der Waals surface area contributed by atoms with E-state index >= 15 is 0 Å². The van der Waals surface area contributed by atoms with Crippen LogP contribution in [-0.2, 0) is 17.1 Å². The topological polar surface area (TPSA) is 97.4 Å². The summed E-state index contributed by atoms with van der Waals surface area (Å²) in [6, 6.07) is 1.21. The van der Waals surface area contributed by atoms with Gasteiger partial charge >= 0.3 is 0 Å². The molecule has 0 radical (unpaired) electrons. The number of nitrogens with zero attached hydrogens (tertiary/aromatic N) is 2. The fourth-order valence-corrected chi connectivity index (χ4v) is 4.12. The van der Waals surface area contributed by atoms with E-state index in [1.807, 2.05) is 0 Å². The van der Waals surface area contributed by atoms with Crippen molar-refractivity contribution in [2.75, 3.05) is 26.2 Å². The molecule has 0 bridgehead atoms. The zero-order valence-corrected chi connectivity index (χ0v) is 15.5. The summed E-state index contributed by atoms with van der Waals surface area (Å²) in [5.74, 6) is -3.98. The maximum Gasteiger partial charge on any atom is 0.277 e. The van der Waals surface area contributed by atoms with Crippen LogP contribution in [0.3, 0.4) is 0 Å². The van der Waals surface area contributed by atoms with Gasteiger partial charge in [-0.25, -0.2) is 17.2 Å². The van der Waals surface area contributed by atoms with Crippen molar-refractivity contribution in [1.82, 2.24) is 14.2 Å². The molecule has 1 aliphatic heterocycles. The third kappa shape index (κ3) is 5.13. The predicted molar refractivity (Wildman–Crippen MR) is 91.6 cm³/mol. The van der Waals surface area contributed by atoms with E-state index in [2.05, 4.69) is 5.32 Å². The molecule has 0 spiro atoms. The highest BCUT2D eigenvalue weighted by atomic mass is 35.5. The molecule has 25 heavy (non-hydrogen) atoms. The Morgan fingerprint density at radius 2 is 1.92 bits per heavy atom. The van der Waals surface area contributed by atoms with E-state index in [-0.39, 0.29) is 23.0 Å². The molecule has 1 amide bonds. The second kappa shape index (κ2) is 8.43. The summed E-state index contributed by atoms with van der Waals surface area (Å²) < 4.78 is 54.1. The molecule has 0 aliphatic carbocycles. The predicted octanol–water partition coefficient (Wildman–Crippen LogP) is 0.945. The maximum absolute atomic E-state index is 13.1. The molecule has 3 N–H and O–H groups in total. The molecule has 0 unspecified atom stereocenters. The number of aromatic nitrogens is 1. The van der Waals surface area contributed by atoms with Crippen LogP contribution in [0.2, 0.25) is 0 Å². The minimum absolute atomic E-state index is 0. The minimum atomic E-state index is -3.68. The number of carbonyl (C=O) groups excluding carboxylic acids is 1. The largest absolute Gasteiger partial charge is 0.345 e. The van der Waals surface area contributed by atoms with Crippen molar-refractivity contribution in [2.45, 2.75) is 30.1 Å². The molecule has 144 valence electrons. The Hall–Kier alpha value is -1.23. The van der Waals surface area contributed by atoms with Crippen LogP contribution in [0.4, 0.5) is 8.78 Å². The standard InChI is InChI=1S/C14H22F2N4O3S.ClH/c1-19-8-11(24(22,23)20-5-3-2-4-6-20)7-12(19)13(21)18-10-14(15,16)9-17;/h7-8H,2-6,9-10,17H2,1H3,(H,18,21);1H. The van der Waals surface area contributed by atoms with Gasteiger partial charge in [-0.3, -0.25) is 4.79 Å². The van der Waals surface area contributed by atoms with E-state index < -0.39 is 34.9 Å². The summed E-state index contributed by atoms with van der Waals surface area (Å²) in [5.41, 5.74) is 4.91. The number of nitrogens with two attached hydrogens (primary N) is 1. The van der Waals surface area contributed by atoms with Crippen LogP contribution < -0.4 is 11.1 Å². The third-order valence-corrected chi connectivity index (χ3v) is 5.84. The number of rotatable bonds is 6. The van der Waals surface area contributed by atoms with Gasteiger partial charge in [0.1, 0.15) is 10.6 Å². The van der Waals surface area contributed by atoms with Gasteiger partial charge in [0.25, 0.3) is 11.8 Å². The van der Waals surface area contributed by atoms with E-state index in [0.717, 1.165) is 19.3 Å². The van der Waals surface area contributed by atoms with Crippen molar-refractivity contribution in [3.8, 4) is 0 Å². The molecular formula is C14H23ClF2N4O3S. The lowest BCUT2D eigenvalue weighted by Gasteiger charge is -2.25. The average Bonchev–Trinajstić information content (AvgIpc) is 2.96. The maximum atomic E-state index is 13.1. The number of piperidine rings is 1. The highest BCUT2D eigenvalue weighted by molar-refractivity contribution is 7.89. The molecule has 11 heteroatoms. The molecule has 0 atom stereocenters. The van der Waals surface area contributed by atoms with Crippen molar-refractivity contribution < 1.29 is 22.0 Å². The number of carbonyl (C=O) groups is 1. The van der Waals surface area contributed by atoms with Crippen LogP contribution in [0.1, 0.15) is 29.8 Å². The molecule has 1 aromatic rings. The minimum Gasteiger partial charge on any atom is -0.345 e. The summed E-state index contributed by atoms with van der Waals surface area (Å²) in [5, 5.41) is 2.08. The Balaban J connectivity index is 0.00000312. The monoisotopic (exact) mass is 400 g/mol. The molecule has 1 aromatic heterocycles. The van der Waals surface area contributed by atoms with E-state index in [1.165, 1.54) is 28.2 Å². The van der Waals surface area contributed by atoms with Gasteiger partial charge in [-0.05, 0) is 18.9 Å². The van der Waals surface area contributed by atoms with Crippen molar-refractivity contribution in [3.05, 3.63) is 18.0 Å². The van der Waals surface area contributed by atoms with E-state index in [1.54, 1.807) is 0 Å². The number of hydrogen-bond acceptors (Lipinski definition) is 4. The number of sulfonamides is 1. The number of nitrogens with one attached hydrogen (secondary N) is 1. The van der Waals surface area contributed by atoms with E-state index in [9.17, 15) is 22.0 Å². The van der Waals surface area contributed by atoms with Crippen LogP contribution in [0.25, 0.3) is 0 Å². The van der Waals surface area contributed by atoms with Gasteiger partial charge in [-0.1, -0.05) is 6.42 Å². The van der Waals surface area contributed by atoms with Gasteiger partial charge in [0.2, 0.25) is 10.0 Å². The highest BCUT2D eigenvalue weighted by Gasteiger charge is 2.30. The Morgan fingerprint density at radius 1 is 1.32 bits per heavy atom. The molecule has 0 aromatic carbocycles. The van der Waals surface area contributed by atoms with Crippen molar-refractivity contribution in [3.63, 3.8) is 0 Å². The number of hydrogen-bond donors (Lipinski definition) is 2. The SMILES string of the molecule is Cl.Cn1cc(S(=O)(=O)N2CCCCC2)cc1C(=O)NCC(F)(F)CN. The summed E-state index contributed by atoms with van der Waals surface area (Å²) in [6.45, 7) is -0.889. The van der Waals surface area contributed by atoms with E-state index in [0.29, 0.717) is 13.1 Å². The van der Waals surface area contributed by atoms with Crippen molar-refractivity contribution in [1.29, 1.82) is 0 Å². The zero-order chi connectivity index (χ0) is 18.0. The number of alkyl halides is 2. The lowest BCUT2D eigenvalue weighted by atomic mass is 10.2. The Kier molecular flexibility index (Phi) is 7.36. The summed E-state index contributed by atoms with van der Waals surface area (Å²) in [6.07, 6.45) is 3.91. The van der Waals surface area contributed by atoms with Crippen molar-refractivity contribution in [2.24, 2.45) is 12.8 Å². The van der Waals surface area contributed by atoms with Crippen LogP contribution in [0, 0.1) is 0 Å². The van der Waals surface area contributed by atoms with Gasteiger partial charge in [0.05, 0.1) is 13.1 Å². The number of amides is 1. The first-order valence-corrected chi connectivity index (χ1v) is 9.14. The second-order valence-corrected chi connectivity index (χ2v) is 7.82. The van der Waals surface area contributed by atoms with Gasteiger partial charge < -0.3 is 15.6 Å². The Labute approximate surface area is 152 Å². The van der Waals surface area contributed by atoms with Crippen molar-refractivity contribution >= 4 is 28.3 Å². The average molecular weight is 401 g/mol. The molecule has 1 aliphatic rings. The Bertz CT molecular complexity index is 703. The number of aryl methyl sites for hydroxylation is 1. The summed E-state index contributed by atoms with van der Waals surface area (Å²) >= 11 is 0. The number of halogens is 3.